The summed E-state index contributed by atoms with van der Waals surface area (Å²) in [4.78, 5) is 14.4. The first-order chi connectivity index (χ1) is 14.4. The molecule has 0 spiro atoms. The topological polar surface area (TPSA) is 60.2 Å². The maximum atomic E-state index is 13.9. The molecule has 30 heavy (non-hydrogen) atoms. The summed E-state index contributed by atoms with van der Waals surface area (Å²) in [5.41, 5.74) is 2.50. The number of hydrogen-bond donors (Lipinski definition) is 0. The number of ether oxygens (including phenoxy) is 1. The van der Waals surface area contributed by atoms with Crippen molar-refractivity contribution in [1.29, 1.82) is 0 Å². The minimum absolute atomic E-state index is 0.0739. The van der Waals surface area contributed by atoms with Crippen LogP contribution in [0.1, 0.15) is 18.1 Å². The first kappa shape index (κ1) is 22.1. The van der Waals surface area contributed by atoms with Gasteiger partial charge in [-0.15, -0.1) is 10.2 Å². The maximum absolute atomic E-state index is 13.9. The van der Waals surface area contributed by atoms with Gasteiger partial charge in [0.25, 0.3) is 0 Å². The zero-order valence-electron chi connectivity index (χ0n) is 16.9. The number of hydrogen-bond acceptors (Lipinski definition) is 5. The van der Waals surface area contributed by atoms with Gasteiger partial charge in [-0.3, -0.25) is 9.36 Å². The van der Waals surface area contributed by atoms with Crippen LogP contribution in [0.2, 0.25) is 5.02 Å². The minimum Gasteiger partial charge on any atom is -0.494 e. The highest BCUT2D eigenvalue weighted by Crippen LogP contribution is 2.24. The van der Waals surface area contributed by atoms with Gasteiger partial charge >= 0.3 is 0 Å². The molecule has 0 radical (unpaired) electrons. The molecule has 0 saturated heterocycles. The maximum Gasteiger partial charge on any atom is 0.233 e. The SMILES string of the molecule is CCN(Cc1ccc(OC)c(F)c1)C(=O)CSc1nncn1-c1ccc(C)c(Cl)c1. The van der Waals surface area contributed by atoms with Crippen molar-refractivity contribution < 1.29 is 13.9 Å². The number of thioether (sulfide) groups is 1. The molecular formula is C21H22ClFN4O2S. The summed E-state index contributed by atoms with van der Waals surface area (Å²) < 4.78 is 20.7. The number of halogens is 2. The Bertz CT molecular complexity index is 1040. The molecule has 0 fully saturated rings. The van der Waals surface area contributed by atoms with Crippen molar-refractivity contribution in [2.24, 2.45) is 0 Å². The smallest absolute Gasteiger partial charge is 0.233 e. The molecule has 1 aromatic heterocycles. The number of aryl methyl sites for hydroxylation is 1. The predicted octanol–water partition coefficient (Wildman–Crippen LogP) is 4.52. The summed E-state index contributed by atoms with van der Waals surface area (Å²) in [6.07, 6.45) is 1.59. The minimum atomic E-state index is -0.447. The van der Waals surface area contributed by atoms with E-state index in [4.69, 9.17) is 16.3 Å². The van der Waals surface area contributed by atoms with Crippen LogP contribution in [-0.2, 0) is 11.3 Å². The molecular weight excluding hydrogens is 427 g/mol. The average Bonchev–Trinajstić information content (AvgIpc) is 3.21. The lowest BCUT2D eigenvalue weighted by atomic mass is 10.2. The van der Waals surface area contributed by atoms with Crippen LogP contribution in [-0.4, -0.2) is 45.0 Å². The summed E-state index contributed by atoms with van der Waals surface area (Å²) >= 11 is 7.51. The molecule has 0 unspecified atom stereocenters. The normalized spacial score (nSPS) is 10.8. The van der Waals surface area contributed by atoms with E-state index in [-0.39, 0.29) is 17.4 Å². The van der Waals surface area contributed by atoms with E-state index in [9.17, 15) is 9.18 Å². The third-order valence-electron chi connectivity index (χ3n) is 4.60. The van der Waals surface area contributed by atoms with Crippen molar-refractivity contribution in [2.75, 3.05) is 19.4 Å². The number of aromatic nitrogens is 3. The van der Waals surface area contributed by atoms with Crippen LogP contribution >= 0.6 is 23.4 Å². The molecule has 1 heterocycles. The fourth-order valence-electron chi connectivity index (χ4n) is 2.85. The Hall–Kier alpha value is -2.58. The van der Waals surface area contributed by atoms with E-state index in [0.717, 1.165) is 11.3 Å². The highest BCUT2D eigenvalue weighted by molar-refractivity contribution is 7.99. The van der Waals surface area contributed by atoms with Gasteiger partial charge < -0.3 is 9.64 Å². The Morgan fingerprint density at radius 3 is 2.77 bits per heavy atom. The Balaban J connectivity index is 1.66. The van der Waals surface area contributed by atoms with E-state index < -0.39 is 5.82 Å². The van der Waals surface area contributed by atoms with Gasteiger partial charge in [-0.25, -0.2) is 4.39 Å². The average molecular weight is 449 g/mol. The van der Waals surface area contributed by atoms with Gasteiger partial charge in [0.05, 0.1) is 18.6 Å². The fourth-order valence-corrected chi connectivity index (χ4v) is 3.86. The third kappa shape index (κ3) is 5.12. The van der Waals surface area contributed by atoms with Gasteiger partial charge in [0.15, 0.2) is 16.7 Å². The van der Waals surface area contributed by atoms with Crippen LogP contribution in [0.5, 0.6) is 5.75 Å². The van der Waals surface area contributed by atoms with Gasteiger partial charge in [0, 0.05) is 18.1 Å². The van der Waals surface area contributed by atoms with Crippen molar-refractivity contribution in [3.63, 3.8) is 0 Å². The predicted molar refractivity (Wildman–Crippen MR) is 116 cm³/mol. The lowest BCUT2D eigenvalue weighted by molar-refractivity contribution is -0.128. The van der Waals surface area contributed by atoms with E-state index in [2.05, 4.69) is 10.2 Å². The van der Waals surface area contributed by atoms with Crippen molar-refractivity contribution in [1.82, 2.24) is 19.7 Å². The van der Waals surface area contributed by atoms with Crippen molar-refractivity contribution in [3.05, 3.63) is 64.7 Å². The molecule has 0 saturated carbocycles. The van der Waals surface area contributed by atoms with Gasteiger partial charge in [-0.05, 0) is 49.2 Å². The van der Waals surface area contributed by atoms with Gasteiger partial charge in [-0.2, -0.15) is 0 Å². The Morgan fingerprint density at radius 2 is 2.10 bits per heavy atom. The molecule has 0 aliphatic rings. The molecule has 0 N–H and O–H groups in total. The monoisotopic (exact) mass is 448 g/mol. The number of carbonyl (C=O) groups excluding carboxylic acids is 1. The second-order valence-electron chi connectivity index (χ2n) is 6.58. The van der Waals surface area contributed by atoms with Crippen molar-refractivity contribution in [3.8, 4) is 11.4 Å². The van der Waals surface area contributed by atoms with Crippen LogP contribution in [0.25, 0.3) is 5.69 Å². The zero-order chi connectivity index (χ0) is 21.7. The fraction of sp³-hybridized carbons (Fsp3) is 0.286. The van der Waals surface area contributed by atoms with Gasteiger partial charge in [-0.1, -0.05) is 35.5 Å². The Labute approximate surface area is 184 Å². The largest absolute Gasteiger partial charge is 0.494 e. The summed E-state index contributed by atoms with van der Waals surface area (Å²) in [7, 11) is 1.42. The van der Waals surface area contributed by atoms with Crippen LogP contribution in [0.3, 0.4) is 0 Å². The highest BCUT2D eigenvalue weighted by atomic mass is 35.5. The molecule has 3 aromatic rings. The lowest BCUT2D eigenvalue weighted by Crippen LogP contribution is -2.31. The summed E-state index contributed by atoms with van der Waals surface area (Å²) in [5.74, 6) is -0.155. The standard InChI is InChI=1S/C21H22ClFN4O2S/c1-4-26(11-15-6-8-19(29-3)18(23)9-15)20(28)12-30-21-25-24-13-27(21)16-7-5-14(2)17(22)10-16/h5-10,13H,4,11-12H2,1-3H3. The van der Waals surface area contributed by atoms with Crippen LogP contribution in [0.15, 0.2) is 47.9 Å². The quantitative estimate of drug-likeness (QED) is 0.474. The van der Waals surface area contributed by atoms with Crippen molar-refractivity contribution >= 4 is 29.3 Å². The van der Waals surface area contributed by atoms with E-state index >= 15 is 0 Å². The van der Waals surface area contributed by atoms with Crippen LogP contribution in [0, 0.1) is 12.7 Å². The number of rotatable bonds is 8. The molecule has 2 aromatic carbocycles. The molecule has 3 rings (SSSR count). The highest BCUT2D eigenvalue weighted by Gasteiger charge is 2.16. The molecule has 9 heteroatoms. The molecule has 158 valence electrons. The Kier molecular flexibility index (Phi) is 7.33. The zero-order valence-corrected chi connectivity index (χ0v) is 18.5. The summed E-state index contributed by atoms with van der Waals surface area (Å²) in [6.45, 7) is 4.64. The second kappa shape index (κ2) is 9.95. The second-order valence-corrected chi connectivity index (χ2v) is 7.93. The molecule has 0 aliphatic heterocycles. The number of nitrogens with zero attached hydrogens (tertiary/aromatic N) is 4. The molecule has 0 bridgehead atoms. The van der Waals surface area contributed by atoms with Crippen molar-refractivity contribution in [2.45, 2.75) is 25.5 Å². The molecule has 1 amide bonds. The summed E-state index contributed by atoms with van der Waals surface area (Å²) in [6, 6.07) is 10.4. The third-order valence-corrected chi connectivity index (χ3v) is 5.93. The number of methoxy groups -OCH3 is 1. The molecule has 0 atom stereocenters. The van der Waals surface area contributed by atoms with E-state index in [1.54, 1.807) is 27.9 Å². The van der Waals surface area contributed by atoms with Gasteiger partial charge in [0.2, 0.25) is 5.91 Å². The van der Waals surface area contributed by atoms with Crippen LogP contribution in [0.4, 0.5) is 4.39 Å². The lowest BCUT2D eigenvalue weighted by Gasteiger charge is -2.21. The van der Waals surface area contributed by atoms with E-state index in [1.165, 1.54) is 24.9 Å². The summed E-state index contributed by atoms with van der Waals surface area (Å²) in [5, 5.41) is 9.32. The first-order valence-electron chi connectivity index (χ1n) is 9.32. The van der Waals surface area contributed by atoms with E-state index in [0.29, 0.717) is 28.8 Å². The number of amides is 1. The van der Waals surface area contributed by atoms with Gasteiger partial charge in [0.1, 0.15) is 6.33 Å². The molecule has 0 aliphatic carbocycles. The molecule has 6 nitrogen and oxygen atoms in total. The van der Waals surface area contributed by atoms with Crippen LogP contribution < -0.4 is 4.74 Å². The Morgan fingerprint density at radius 1 is 1.30 bits per heavy atom. The van der Waals surface area contributed by atoms with E-state index in [1.807, 2.05) is 32.0 Å². The first-order valence-corrected chi connectivity index (χ1v) is 10.7. The number of carbonyl (C=O) groups is 1. The number of benzene rings is 2.